The van der Waals surface area contributed by atoms with Crippen LogP contribution in [-0.4, -0.2) is 37.2 Å². The van der Waals surface area contributed by atoms with Crippen molar-refractivity contribution >= 4 is 6.03 Å². The van der Waals surface area contributed by atoms with Gasteiger partial charge >= 0.3 is 6.03 Å². The van der Waals surface area contributed by atoms with Crippen molar-refractivity contribution in [3.8, 4) is 11.5 Å². The van der Waals surface area contributed by atoms with Crippen LogP contribution in [0.5, 0.6) is 11.5 Å². The van der Waals surface area contributed by atoms with Gasteiger partial charge in [0.15, 0.2) is 11.5 Å². The Bertz CT molecular complexity index is 481. The molecule has 2 amide bonds. The molecule has 0 aromatic heterocycles. The number of nitrogens with zero attached hydrogens (tertiary/aromatic N) is 1. The quantitative estimate of drug-likeness (QED) is 0.908. The van der Waals surface area contributed by atoms with Crippen molar-refractivity contribution in [2.45, 2.75) is 39.8 Å². The lowest BCUT2D eigenvalue weighted by Crippen LogP contribution is -2.49. The Morgan fingerprint density at radius 3 is 2.29 bits per heavy atom. The van der Waals surface area contributed by atoms with Crippen LogP contribution in [0.3, 0.4) is 0 Å². The van der Waals surface area contributed by atoms with Gasteiger partial charge in [0, 0.05) is 18.6 Å². The third-order valence-electron chi connectivity index (χ3n) is 3.26. The highest BCUT2D eigenvalue weighted by Gasteiger charge is 2.24. The van der Waals surface area contributed by atoms with E-state index in [0.29, 0.717) is 24.6 Å². The van der Waals surface area contributed by atoms with Gasteiger partial charge < -0.3 is 19.7 Å². The normalized spacial score (nSPS) is 11.0. The van der Waals surface area contributed by atoms with Crippen LogP contribution in [0.4, 0.5) is 4.79 Å². The highest BCUT2D eigenvalue weighted by molar-refractivity contribution is 5.75. The zero-order chi connectivity index (χ0) is 16.0. The molecule has 0 atom stereocenters. The second-order valence-electron chi connectivity index (χ2n) is 5.76. The standard InChI is InChI=1S/C16H26N2O3/c1-7-18(16(2,3)4)15(19)17-11-12-8-9-13(20-5)14(10-12)21-6/h8-10H,7,11H2,1-6H3,(H,17,19). The fourth-order valence-electron chi connectivity index (χ4n) is 2.19. The fourth-order valence-corrected chi connectivity index (χ4v) is 2.19. The molecule has 0 unspecified atom stereocenters. The van der Waals surface area contributed by atoms with Gasteiger partial charge in [0.25, 0.3) is 0 Å². The van der Waals surface area contributed by atoms with Gasteiger partial charge in [-0.1, -0.05) is 6.07 Å². The average Bonchev–Trinajstić information content (AvgIpc) is 2.43. The molecule has 21 heavy (non-hydrogen) atoms. The van der Waals surface area contributed by atoms with Gasteiger partial charge in [-0.15, -0.1) is 0 Å². The summed E-state index contributed by atoms with van der Waals surface area (Å²) < 4.78 is 10.5. The van der Waals surface area contributed by atoms with Crippen molar-refractivity contribution in [2.24, 2.45) is 0 Å². The van der Waals surface area contributed by atoms with Gasteiger partial charge in [-0.25, -0.2) is 4.79 Å². The van der Waals surface area contributed by atoms with Crippen molar-refractivity contribution in [3.63, 3.8) is 0 Å². The molecular weight excluding hydrogens is 268 g/mol. The predicted molar refractivity (Wildman–Crippen MR) is 83.9 cm³/mol. The molecule has 0 radical (unpaired) electrons. The highest BCUT2D eigenvalue weighted by Crippen LogP contribution is 2.27. The Kier molecular flexibility index (Phi) is 5.88. The smallest absolute Gasteiger partial charge is 0.318 e. The molecule has 0 saturated heterocycles. The number of urea groups is 1. The number of hydrogen-bond donors (Lipinski definition) is 1. The SMILES string of the molecule is CCN(C(=O)NCc1ccc(OC)c(OC)c1)C(C)(C)C. The molecule has 0 saturated carbocycles. The molecule has 0 bridgehead atoms. The Balaban J connectivity index is 2.73. The Labute approximate surface area is 127 Å². The fraction of sp³-hybridized carbons (Fsp3) is 0.562. The second-order valence-corrected chi connectivity index (χ2v) is 5.76. The van der Waals surface area contributed by atoms with E-state index in [4.69, 9.17) is 9.47 Å². The molecule has 0 spiro atoms. The zero-order valence-electron chi connectivity index (χ0n) is 13.8. The monoisotopic (exact) mass is 294 g/mol. The van der Waals surface area contributed by atoms with E-state index >= 15 is 0 Å². The molecule has 5 nitrogen and oxygen atoms in total. The highest BCUT2D eigenvalue weighted by atomic mass is 16.5. The maximum atomic E-state index is 12.2. The summed E-state index contributed by atoms with van der Waals surface area (Å²) in [5.74, 6) is 1.34. The van der Waals surface area contributed by atoms with E-state index in [9.17, 15) is 4.79 Å². The summed E-state index contributed by atoms with van der Waals surface area (Å²) in [6.45, 7) is 9.15. The van der Waals surface area contributed by atoms with Gasteiger partial charge in [0.05, 0.1) is 14.2 Å². The van der Waals surface area contributed by atoms with Crippen LogP contribution >= 0.6 is 0 Å². The third-order valence-corrected chi connectivity index (χ3v) is 3.26. The maximum Gasteiger partial charge on any atom is 0.318 e. The molecule has 0 aliphatic rings. The van der Waals surface area contributed by atoms with Gasteiger partial charge in [-0.05, 0) is 45.4 Å². The summed E-state index contributed by atoms with van der Waals surface area (Å²) in [6, 6.07) is 5.54. The van der Waals surface area contributed by atoms with Crippen molar-refractivity contribution in [3.05, 3.63) is 23.8 Å². The van der Waals surface area contributed by atoms with Gasteiger partial charge in [-0.2, -0.15) is 0 Å². The van der Waals surface area contributed by atoms with E-state index in [1.54, 1.807) is 19.1 Å². The van der Waals surface area contributed by atoms with Crippen molar-refractivity contribution in [1.29, 1.82) is 0 Å². The number of rotatable bonds is 5. The molecule has 0 aliphatic carbocycles. The van der Waals surface area contributed by atoms with E-state index < -0.39 is 0 Å². The predicted octanol–water partition coefficient (Wildman–Crippen LogP) is 3.03. The first-order valence-electron chi connectivity index (χ1n) is 7.09. The Morgan fingerprint density at radius 2 is 1.81 bits per heavy atom. The van der Waals surface area contributed by atoms with Gasteiger partial charge in [0.1, 0.15) is 0 Å². The molecule has 1 aromatic rings. The molecular formula is C16H26N2O3. The van der Waals surface area contributed by atoms with Crippen LogP contribution < -0.4 is 14.8 Å². The van der Waals surface area contributed by atoms with Crippen LogP contribution in [0.15, 0.2) is 18.2 Å². The number of methoxy groups -OCH3 is 2. The summed E-state index contributed by atoms with van der Waals surface area (Å²) >= 11 is 0. The van der Waals surface area contributed by atoms with Crippen LogP contribution in [-0.2, 0) is 6.54 Å². The second kappa shape index (κ2) is 7.20. The molecule has 0 aliphatic heterocycles. The van der Waals surface area contributed by atoms with Gasteiger partial charge in [-0.3, -0.25) is 0 Å². The molecule has 5 heteroatoms. The summed E-state index contributed by atoms with van der Waals surface area (Å²) in [6.07, 6.45) is 0. The van der Waals surface area contributed by atoms with Crippen molar-refractivity contribution in [1.82, 2.24) is 10.2 Å². The number of hydrogen-bond acceptors (Lipinski definition) is 3. The Hall–Kier alpha value is -1.91. The first kappa shape index (κ1) is 17.1. The van der Waals surface area contributed by atoms with Crippen molar-refractivity contribution in [2.75, 3.05) is 20.8 Å². The summed E-state index contributed by atoms with van der Waals surface area (Å²) in [4.78, 5) is 14.0. The number of carbonyl (C=O) groups is 1. The Morgan fingerprint density at radius 1 is 1.19 bits per heavy atom. The third kappa shape index (κ3) is 4.55. The first-order valence-corrected chi connectivity index (χ1v) is 7.09. The minimum absolute atomic E-state index is 0.0696. The molecule has 0 heterocycles. The molecule has 1 aromatic carbocycles. The number of amides is 2. The minimum Gasteiger partial charge on any atom is -0.493 e. The largest absolute Gasteiger partial charge is 0.493 e. The summed E-state index contributed by atoms with van der Waals surface area (Å²) in [7, 11) is 3.19. The van der Waals surface area contributed by atoms with E-state index in [1.165, 1.54) is 0 Å². The van der Waals surface area contributed by atoms with Crippen LogP contribution in [0.25, 0.3) is 0 Å². The van der Waals surface area contributed by atoms with Crippen LogP contribution in [0.1, 0.15) is 33.3 Å². The lowest BCUT2D eigenvalue weighted by molar-refractivity contribution is 0.149. The van der Waals surface area contributed by atoms with Gasteiger partial charge in [0.2, 0.25) is 0 Å². The number of benzene rings is 1. The van der Waals surface area contributed by atoms with E-state index in [2.05, 4.69) is 5.32 Å². The zero-order valence-corrected chi connectivity index (χ0v) is 13.8. The molecule has 0 fully saturated rings. The molecule has 118 valence electrons. The van der Waals surface area contributed by atoms with Crippen molar-refractivity contribution < 1.29 is 14.3 Å². The summed E-state index contributed by atoms with van der Waals surface area (Å²) in [5, 5.41) is 2.94. The lowest BCUT2D eigenvalue weighted by Gasteiger charge is -2.34. The van der Waals surface area contributed by atoms with E-state index in [0.717, 1.165) is 5.56 Å². The lowest BCUT2D eigenvalue weighted by atomic mass is 10.1. The first-order chi connectivity index (χ1) is 9.83. The minimum atomic E-state index is -0.198. The van der Waals surface area contributed by atoms with E-state index in [-0.39, 0.29) is 11.6 Å². The average molecular weight is 294 g/mol. The van der Waals surface area contributed by atoms with E-state index in [1.807, 2.05) is 45.9 Å². The van der Waals surface area contributed by atoms with Crippen LogP contribution in [0, 0.1) is 0 Å². The summed E-state index contributed by atoms with van der Waals surface area (Å²) in [5.41, 5.74) is 0.766. The number of carbonyl (C=O) groups excluding carboxylic acids is 1. The topological polar surface area (TPSA) is 50.8 Å². The number of ether oxygens (including phenoxy) is 2. The molecule has 1 rings (SSSR count). The molecule has 1 N–H and O–H groups in total. The maximum absolute atomic E-state index is 12.2. The number of nitrogens with one attached hydrogen (secondary N) is 1. The van der Waals surface area contributed by atoms with Crippen LogP contribution in [0.2, 0.25) is 0 Å².